The summed E-state index contributed by atoms with van der Waals surface area (Å²) in [6.07, 6.45) is 3.03. The minimum Gasteiger partial charge on any atom is -0.454 e. The largest absolute Gasteiger partial charge is 0.454 e. The molecule has 0 heterocycles. The Morgan fingerprint density at radius 2 is 2.00 bits per heavy atom. The third kappa shape index (κ3) is 2.44. The van der Waals surface area contributed by atoms with Gasteiger partial charge >= 0.3 is 5.97 Å². The lowest BCUT2D eigenvalue weighted by atomic mass is 10.2. The fraction of sp³-hybridized carbons (Fsp3) is 0.250. The second-order valence-corrected chi connectivity index (χ2v) is 3.50. The fourth-order valence-corrected chi connectivity index (χ4v) is 1.51. The van der Waals surface area contributed by atoms with Crippen molar-refractivity contribution in [2.24, 2.45) is 0 Å². The molecule has 0 unspecified atom stereocenters. The maximum Gasteiger partial charge on any atom is 0.338 e. The van der Waals surface area contributed by atoms with Crippen LogP contribution < -0.4 is 0 Å². The predicted molar refractivity (Wildman–Crippen MR) is 55.4 cm³/mol. The first kappa shape index (κ1) is 9.93. The summed E-state index contributed by atoms with van der Waals surface area (Å²) < 4.78 is 5.18. The summed E-state index contributed by atoms with van der Waals surface area (Å²) in [5.41, 5.74) is 0.535. The van der Waals surface area contributed by atoms with E-state index in [4.69, 9.17) is 4.74 Å². The Labute approximate surface area is 88.0 Å². The molecule has 0 fully saturated rings. The molecule has 1 aromatic carbocycles. The molecule has 0 aromatic heterocycles. The van der Waals surface area contributed by atoms with Crippen LogP contribution in [0.25, 0.3) is 0 Å². The average molecular weight is 204 g/mol. The number of rotatable bonds is 2. The molecule has 15 heavy (non-hydrogen) atoms. The average Bonchev–Trinajstić information content (AvgIpc) is 2.65. The van der Waals surface area contributed by atoms with Gasteiger partial charge in [0.05, 0.1) is 11.7 Å². The lowest BCUT2D eigenvalue weighted by Crippen LogP contribution is -2.16. The minimum absolute atomic E-state index is 0.298. The van der Waals surface area contributed by atoms with E-state index >= 15 is 0 Å². The smallest absolute Gasteiger partial charge is 0.338 e. The summed E-state index contributed by atoms with van der Waals surface area (Å²) in [6.45, 7) is 0. The van der Waals surface area contributed by atoms with Crippen LogP contribution in [-0.4, -0.2) is 23.3 Å². The molecular weight excluding hydrogens is 192 g/mol. The third-order valence-corrected chi connectivity index (χ3v) is 2.29. The number of benzene rings is 1. The van der Waals surface area contributed by atoms with Gasteiger partial charge in [-0.15, -0.1) is 0 Å². The van der Waals surface area contributed by atoms with Crippen LogP contribution in [0.15, 0.2) is 42.5 Å². The number of carbonyl (C=O) groups excluding carboxylic acids is 1. The predicted octanol–water partition coefficient (Wildman–Crippen LogP) is 1.53. The SMILES string of the molecule is O=C(O[C@@H]1C=C[C@@H](O)C1)c1ccccc1. The number of hydrogen-bond donors (Lipinski definition) is 1. The summed E-state index contributed by atoms with van der Waals surface area (Å²) in [6, 6.07) is 8.83. The van der Waals surface area contributed by atoms with Crippen molar-refractivity contribution < 1.29 is 14.6 Å². The van der Waals surface area contributed by atoms with E-state index in [0.29, 0.717) is 12.0 Å². The van der Waals surface area contributed by atoms with E-state index in [0.717, 1.165) is 0 Å². The van der Waals surface area contributed by atoms with E-state index in [1.165, 1.54) is 0 Å². The van der Waals surface area contributed by atoms with E-state index in [1.54, 1.807) is 36.4 Å². The lowest BCUT2D eigenvalue weighted by molar-refractivity contribution is 0.0348. The first-order valence-electron chi connectivity index (χ1n) is 4.88. The molecule has 78 valence electrons. The van der Waals surface area contributed by atoms with Crippen LogP contribution in [0.5, 0.6) is 0 Å². The highest BCUT2D eigenvalue weighted by molar-refractivity contribution is 5.89. The van der Waals surface area contributed by atoms with Gasteiger partial charge in [0.2, 0.25) is 0 Å². The molecule has 0 radical (unpaired) electrons. The van der Waals surface area contributed by atoms with Gasteiger partial charge in [-0.3, -0.25) is 0 Å². The lowest BCUT2D eigenvalue weighted by Gasteiger charge is -2.10. The highest BCUT2D eigenvalue weighted by atomic mass is 16.5. The van der Waals surface area contributed by atoms with E-state index < -0.39 is 6.10 Å². The highest BCUT2D eigenvalue weighted by Crippen LogP contribution is 2.15. The topological polar surface area (TPSA) is 46.5 Å². The molecule has 3 nitrogen and oxygen atoms in total. The van der Waals surface area contributed by atoms with Gasteiger partial charge in [-0.25, -0.2) is 4.79 Å². The Morgan fingerprint density at radius 3 is 2.60 bits per heavy atom. The Balaban J connectivity index is 1.96. The number of ether oxygens (including phenoxy) is 1. The zero-order chi connectivity index (χ0) is 10.7. The molecule has 0 saturated carbocycles. The Kier molecular flexibility index (Phi) is 2.83. The molecule has 0 saturated heterocycles. The minimum atomic E-state index is -0.487. The van der Waals surface area contributed by atoms with Crippen LogP contribution in [0, 0.1) is 0 Å². The van der Waals surface area contributed by atoms with Crippen molar-refractivity contribution in [3.05, 3.63) is 48.0 Å². The van der Waals surface area contributed by atoms with Crippen molar-refractivity contribution in [1.29, 1.82) is 0 Å². The molecule has 0 amide bonds. The molecule has 1 aliphatic carbocycles. The number of esters is 1. The molecule has 1 aliphatic rings. The van der Waals surface area contributed by atoms with E-state index in [-0.39, 0.29) is 12.1 Å². The highest BCUT2D eigenvalue weighted by Gasteiger charge is 2.20. The first-order chi connectivity index (χ1) is 7.25. The maximum absolute atomic E-state index is 11.6. The zero-order valence-corrected chi connectivity index (χ0v) is 8.17. The van der Waals surface area contributed by atoms with Gasteiger partial charge in [0.25, 0.3) is 0 Å². The first-order valence-corrected chi connectivity index (χ1v) is 4.88. The third-order valence-electron chi connectivity index (χ3n) is 2.29. The second kappa shape index (κ2) is 4.28. The van der Waals surface area contributed by atoms with Crippen LogP contribution in [0.1, 0.15) is 16.8 Å². The van der Waals surface area contributed by atoms with Crippen LogP contribution >= 0.6 is 0 Å². The van der Waals surface area contributed by atoms with Crippen LogP contribution in [0.2, 0.25) is 0 Å². The summed E-state index contributed by atoms with van der Waals surface area (Å²) in [7, 11) is 0. The summed E-state index contributed by atoms with van der Waals surface area (Å²) >= 11 is 0. The molecule has 1 aromatic rings. The fourth-order valence-electron chi connectivity index (χ4n) is 1.51. The zero-order valence-electron chi connectivity index (χ0n) is 8.17. The molecule has 0 spiro atoms. The number of aliphatic hydroxyl groups excluding tert-OH is 1. The number of carbonyl (C=O) groups is 1. The van der Waals surface area contributed by atoms with Crippen molar-refractivity contribution in [3.8, 4) is 0 Å². The van der Waals surface area contributed by atoms with Crippen molar-refractivity contribution in [2.75, 3.05) is 0 Å². The van der Waals surface area contributed by atoms with Gasteiger partial charge in [0.1, 0.15) is 6.10 Å². The molecule has 1 N–H and O–H groups in total. The van der Waals surface area contributed by atoms with E-state index in [9.17, 15) is 9.90 Å². The normalized spacial score (nSPS) is 24.1. The van der Waals surface area contributed by atoms with Gasteiger partial charge < -0.3 is 9.84 Å². The molecular formula is C12H12O3. The standard InChI is InChI=1S/C12H12O3/c13-10-6-7-11(8-10)15-12(14)9-4-2-1-3-5-9/h1-7,10-11,13H,8H2/t10-,11-/m1/s1. The maximum atomic E-state index is 11.6. The molecule has 0 bridgehead atoms. The monoisotopic (exact) mass is 204 g/mol. The number of aliphatic hydroxyl groups is 1. The van der Waals surface area contributed by atoms with Gasteiger partial charge in [-0.1, -0.05) is 24.3 Å². The summed E-state index contributed by atoms with van der Waals surface area (Å²) in [5.74, 6) is -0.348. The van der Waals surface area contributed by atoms with Crippen molar-refractivity contribution in [1.82, 2.24) is 0 Å². The van der Waals surface area contributed by atoms with Crippen molar-refractivity contribution >= 4 is 5.97 Å². The van der Waals surface area contributed by atoms with Crippen LogP contribution in [0.3, 0.4) is 0 Å². The number of hydrogen-bond acceptors (Lipinski definition) is 3. The van der Waals surface area contributed by atoms with Crippen LogP contribution in [0.4, 0.5) is 0 Å². The molecule has 2 atom stereocenters. The quantitative estimate of drug-likeness (QED) is 0.587. The summed E-state index contributed by atoms with van der Waals surface area (Å²) in [5, 5.41) is 9.20. The molecule has 3 heteroatoms. The Morgan fingerprint density at radius 1 is 1.27 bits per heavy atom. The Hall–Kier alpha value is -1.61. The van der Waals surface area contributed by atoms with Gasteiger partial charge in [-0.05, 0) is 18.2 Å². The molecule has 0 aliphatic heterocycles. The summed E-state index contributed by atoms with van der Waals surface area (Å²) in [4.78, 5) is 11.6. The molecule has 2 rings (SSSR count). The van der Waals surface area contributed by atoms with Crippen molar-refractivity contribution in [3.63, 3.8) is 0 Å². The van der Waals surface area contributed by atoms with E-state index in [2.05, 4.69) is 0 Å². The van der Waals surface area contributed by atoms with Gasteiger partial charge in [-0.2, -0.15) is 0 Å². The van der Waals surface area contributed by atoms with Crippen molar-refractivity contribution in [2.45, 2.75) is 18.6 Å². The van der Waals surface area contributed by atoms with E-state index in [1.807, 2.05) is 6.07 Å². The van der Waals surface area contributed by atoms with Gasteiger partial charge in [0, 0.05) is 6.42 Å². The van der Waals surface area contributed by atoms with Crippen LogP contribution in [-0.2, 0) is 4.74 Å². The van der Waals surface area contributed by atoms with Gasteiger partial charge in [0.15, 0.2) is 0 Å². The Bertz CT molecular complexity index is 370. The second-order valence-electron chi connectivity index (χ2n) is 3.50.